The highest BCUT2D eigenvalue weighted by Crippen LogP contribution is 2.31. The van der Waals surface area contributed by atoms with Gasteiger partial charge < -0.3 is 24.8 Å². The number of ketones is 1. The second-order valence-corrected chi connectivity index (χ2v) is 11.7. The average molecular weight is 654 g/mol. The van der Waals surface area contributed by atoms with Crippen LogP contribution in [0.1, 0.15) is 44.8 Å². The first-order valence-electron chi connectivity index (χ1n) is 14.6. The van der Waals surface area contributed by atoms with Crippen LogP contribution < -0.4 is 15.4 Å². The number of carbonyl (C=O) groups is 1. The molecule has 0 saturated carbocycles. The molecule has 2 atom stereocenters. The van der Waals surface area contributed by atoms with Gasteiger partial charge in [-0.2, -0.15) is 0 Å². The minimum absolute atomic E-state index is 0.0247. The molecular formula is C35H35Cl3N2O4. The minimum Gasteiger partial charge on any atom is -0.489 e. The van der Waals surface area contributed by atoms with E-state index >= 15 is 0 Å². The van der Waals surface area contributed by atoms with Crippen molar-refractivity contribution in [1.29, 1.82) is 0 Å². The number of hydrogen-bond acceptors (Lipinski definition) is 6. The summed E-state index contributed by atoms with van der Waals surface area (Å²) in [6.45, 7) is 5.12. The van der Waals surface area contributed by atoms with E-state index in [4.69, 9.17) is 49.0 Å². The Kier molecular flexibility index (Phi) is 12.1. The fourth-order valence-electron chi connectivity index (χ4n) is 4.99. The van der Waals surface area contributed by atoms with Gasteiger partial charge in [0.1, 0.15) is 12.4 Å². The standard InChI is InChI=1S/C18H19NO2.C17H16Cl3NO2/c20-17(15-4-2-1-3-5-15)12-14-6-8-16(9-7-14)18-13-19-10-11-21-18;18-14-2-1-3-15(19)13(14)10-23-11-4-5-12(16(20)8-11)17-9-21-6-7-22-17/h1-9,18-19H,10-13H2;1-5,8,17,21H,6-7,9-10H2. The highest BCUT2D eigenvalue weighted by Gasteiger charge is 2.19. The molecule has 4 aromatic carbocycles. The summed E-state index contributed by atoms with van der Waals surface area (Å²) in [5.41, 5.74) is 4.69. The van der Waals surface area contributed by atoms with Crippen molar-refractivity contribution in [2.45, 2.75) is 25.2 Å². The third kappa shape index (κ3) is 9.05. The van der Waals surface area contributed by atoms with Gasteiger partial charge in [-0.1, -0.05) is 102 Å². The Morgan fingerprint density at radius 1 is 0.750 bits per heavy atom. The van der Waals surface area contributed by atoms with Gasteiger partial charge in [-0.25, -0.2) is 0 Å². The van der Waals surface area contributed by atoms with Gasteiger partial charge in [-0.15, -0.1) is 0 Å². The summed E-state index contributed by atoms with van der Waals surface area (Å²) in [5, 5.41) is 8.41. The van der Waals surface area contributed by atoms with E-state index in [-0.39, 0.29) is 24.6 Å². The Morgan fingerprint density at radius 3 is 2.02 bits per heavy atom. The first kappa shape index (κ1) is 32.5. The van der Waals surface area contributed by atoms with Crippen molar-refractivity contribution < 1.29 is 19.0 Å². The van der Waals surface area contributed by atoms with Gasteiger partial charge >= 0.3 is 0 Å². The van der Waals surface area contributed by atoms with Gasteiger partial charge in [0.25, 0.3) is 0 Å². The summed E-state index contributed by atoms with van der Waals surface area (Å²) in [6.07, 6.45) is 0.537. The number of benzene rings is 4. The molecule has 0 bridgehead atoms. The lowest BCUT2D eigenvalue weighted by Gasteiger charge is -2.25. The molecule has 0 radical (unpaired) electrons. The molecule has 2 aliphatic heterocycles. The molecule has 2 fully saturated rings. The predicted octanol–water partition coefficient (Wildman–Crippen LogP) is 7.66. The van der Waals surface area contributed by atoms with Gasteiger partial charge in [0, 0.05) is 59.3 Å². The van der Waals surface area contributed by atoms with Gasteiger partial charge in [-0.3, -0.25) is 4.79 Å². The van der Waals surface area contributed by atoms with Crippen molar-refractivity contribution in [2.75, 3.05) is 39.4 Å². The number of nitrogens with one attached hydrogen (secondary N) is 2. The van der Waals surface area contributed by atoms with E-state index in [1.54, 1.807) is 24.3 Å². The van der Waals surface area contributed by atoms with Crippen molar-refractivity contribution in [1.82, 2.24) is 10.6 Å². The number of rotatable bonds is 8. The highest BCUT2D eigenvalue weighted by atomic mass is 35.5. The minimum atomic E-state index is -0.0247. The Bertz CT molecular complexity index is 1490. The maximum Gasteiger partial charge on any atom is 0.167 e. The molecule has 2 unspecified atom stereocenters. The molecule has 6 rings (SSSR count). The number of morpholine rings is 2. The Balaban J connectivity index is 0.000000175. The SMILES string of the molecule is Clc1cc(OCc2c(Cl)cccc2Cl)ccc1C1CNCCO1.O=C(Cc1ccc(C2CNCCO2)cc1)c1ccccc1. The normalized spacial score (nSPS) is 18.2. The number of ether oxygens (including phenoxy) is 3. The molecule has 0 spiro atoms. The zero-order chi connectivity index (χ0) is 30.7. The number of hydrogen-bond donors (Lipinski definition) is 2. The Hall–Kier alpha value is -2.94. The van der Waals surface area contributed by atoms with Crippen molar-refractivity contribution in [3.8, 4) is 5.75 Å². The van der Waals surface area contributed by atoms with Gasteiger partial charge in [0.05, 0.1) is 30.4 Å². The van der Waals surface area contributed by atoms with Crippen LogP contribution in [0.4, 0.5) is 0 Å². The lowest BCUT2D eigenvalue weighted by Crippen LogP contribution is -2.33. The summed E-state index contributed by atoms with van der Waals surface area (Å²) in [4.78, 5) is 12.2. The monoisotopic (exact) mass is 652 g/mol. The molecule has 44 heavy (non-hydrogen) atoms. The Labute approximate surface area is 273 Å². The largest absolute Gasteiger partial charge is 0.489 e. The topological polar surface area (TPSA) is 68.8 Å². The molecule has 4 aromatic rings. The molecule has 0 aliphatic carbocycles. The molecule has 0 amide bonds. The van der Waals surface area contributed by atoms with Crippen LogP contribution in [0.5, 0.6) is 5.75 Å². The zero-order valence-electron chi connectivity index (χ0n) is 24.2. The van der Waals surface area contributed by atoms with Crippen molar-refractivity contribution in [2.24, 2.45) is 0 Å². The Morgan fingerprint density at radius 2 is 1.41 bits per heavy atom. The molecule has 0 aromatic heterocycles. The second kappa shape index (κ2) is 16.4. The number of carbonyl (C=O) groups excluding carboxylic acids is 1. The fourth-order valence-corrected chi connectivity index (χ4v) is 5.79. The summed E-state index contributed by atoms with van der Waals surface area (Å²) < 4.78 is 17.2. The van der Waals surface area contributed by atoms with Crippen LogP contribution in [0.2, 0.25) is 15.1 Å². The van der Waals surface area contributed by atoms with E-state index in [0.717, 1.165) is 60.6 Å². The van der Waals surface area contributed by atoms with E-state index in [1.807, 2.05) is 54.6 Å². The van der Waals surface area contributed by atoms with Crippen LogP contribution >= 0.6 is 34.8 Å². The predicted molar refractivity (Wildman–Crippen MR) is 176 cm³/mol. The zero-order valence-corrected chi connectivity index (χ0v) is 26.5. The fraction of sp³-hybridized carbons (Fsp3) is 0.286. The number of Topliss-reactive ketones (excluding diaryl/α,β-unsaturated/α-hetero) is 1. The van der Waals surface area contributed by atoms with Gasteiger partial charge in [0.15, 0.2) is 5.78 Å². The van der Waals surface area contributed by atoms with Crippen molar-refractivity contribution >= 4 is 40.6 Å². The lowest BCUT2D eigenvalue weighted by molar-refractivity contribution is 0.0276. The molecule has 2 N–H and O–H groups in total. The van der Waals surface area contributed by atoms with E-state index < -0.39 is 0 Å². The first-order chi connectivity index (χ1) is 21.5. The van der Waals surface area contributed by atoms with Crippen molar-refractivity contribution in [3.05, 3.63) is 134 Å². The van der Waals surface area contributed by atoms with Crippen LogP contribution in [-0.2, 0) is 22.5 Å². The first-order valence-corrected chi connectivity index (χ1v) is 15.8. The molecule has 230 valence electrons. The molecule has 9 heteroatoms. The maximum atomic E-state index is 12.2. The van der Waals surface area contributed by atoms with Crippen LogP contribution in [0.25, 0.3) is 0 Å². The summed E-state index contributed by atoms with van der Waals surface area (Å²) in [5.74, 6) is 0.817. The average Bonchev–Trinajstić information content (AvgIpc) is 3.06. The van der Waals surface area contributed by atoms with E-state index in [0.29, 0.717) is 33.8 Å². The smallest absolute Gasteiger partial charge is 0.167 e. The van der Waals surface area contributed by atoms with E-state index in [9.17, 15) is 4.79 Å². The maximum absolute atomic E-state index is 12.2. The lowest BCUT2D eigenvalue weighted by atomic mass is 10.0. The van der Waals surface area contributed by atoms with Gasteiger partial charge in [0.2, 0.25) is 0 Å². The third-order valence-corrected chi connectivity index (χ3v) is 8.47. The third-order valence-electron chi connectivity index (χ3n) is 7.43. The molecule has 6 nitrogen and oxygen atoms in total. The van der Waals surface area contributed by atoms with E-state index in [1.165, 1.54) is 0 Å². The molecule has 2 heterocycles. The second-order valence-electron chi connectivity index (χ2n) is 10.5. The summed E-state index contributed by atoms with van der Waals surface area (Å²) in [6, 6.07) is 28.6. The summed E-state index contributed by atoms with van der Waals surface area (Å²) in [7, 11) is 0. The highest BCUT2D eigenvalue weighted by molar-refractivity contribution is 6.36. The number of halogens is 3. The molecular weight excluding hydrogens is 619 g/mol. The molecule has 2 aliphatic rings. The van der Waals surface area contributed by atoms with Crippen LogP contribution in [0.3, 0.4) is 0 Å². The van der Waals surface area contributed by atoms with Crippen LogP contribution in [0, 0.1) is 0 Å². The van der Waals surface area contributed by atoms with Crippen molar-refractivity contribution in [3.63, 3.8) is 0 Å². The summed E-state index contributed by atoms with van der Waals surface area (Å²) >= 11 is 18.6. The molecule has 2 saturated heterocycles. The van der Waals surface area contributed by atoms with Crippen LogP contribution in [0.15, 0.2) is 91.0 Å². The van der Waals surface area contributed by atoms with Crippen LogP contribution in [-0.4, -0.2) is 45.2 Å². The van der Waals surface area contributed by atoms with Gasteiger partial charge in [-0.05, 0) is 35.4 Å². The quantitative estimate of drug-likeness (QED) is 0.190. The van der Waals surface area contributed by atoms with E-state index in [2.05, 4.69) is 22.8 Å².